The van der Waals surface area contributed by atoms with Gasteiger partial charge in [-0.1, -0.05) is 312 Å². The average Bonchev–Trinajstić information content (AvgIpc) is 1.74. The summed E-state index contributed by atoms with van der Waals surface area (Å²) in [7, 11) is -9.90. The molecule has 0 bridgehead atoms. The number of hydrogen-bond acceptors (Lipinski definition) is 15. The molecule has 3 N–H and O–H groups in total. The molecule has 0 amide bonds. The number of esters is 4. The third-order valence-corrected chi connectivity index (χ3v) is 19.1. The first kappa shape index (κ1) is 90.1. The van der Waals surface area contributed by atoms with Gasteiger partial charge in [0.2, 0.25) is 0 Å². The van der Waals surface area contributed by atoms with Gasteiger partial charge in [-0.2, -0.15) is 0 Å². The quantitative estimate of drug-likeness (QED) is 0.0222. The molecule has 0 rings (SSSR count). The van der Waals surface area contributed by atoms with Gasteiger partial charge < -0.3 is 33.8 Å². The Hall–Kier alpha value is -1.94. The van der Waals surface area contributed by atoms with Gasteiger partial charge in [0.05, 0.1) is 26.4 Å². The monoisotopic (exact) mass is 1350 g/mol. The van der Waals surface area contributed by atoms with Crippen molar-refractivity contribution >= 4 is 39.5 Å². The highest BCUT2D eigenvalue weighted by Crippen LogP contribution is 2.45. The smallest absolute Gasteiger partial charge is 0.462 e. The van der Waals surface area contributed by atoms with Gasteiger partial charge in [-0.3, -0.25) is 37.3 Å². The largest absolute Gasteiger partial charge is 0.472 e. The first-order valence-corrected chi connectivity index (χ1v) is 40.7. The van der Waals surface area contributed by atoms with Crippen LogP contribution in [0, 0.1) is 23.7 Å². The normalized spacial score (nSPS) is 14.5. The molecule has 0 saturated carbocycles. The lowest BCUT2D eigenvalue weighted by Gasteiger charge is -2.21. The van der Waals surface area contributed by atoms with E-state index in [0.717, 1.165) is 108 Å². The molecule has 0 heterocycles. The van der Waals surface area contributed by atoms with Gasteiger partial charge in [-0.05, 0) is 49.4 Å². The third-order valence-electron chi connectivity index (χ3n) is 17.2. The molecular weight excluding hydrogens is 1210 g/mol. The molecule has 92 heavy (non-hydrogen) atoms. The van der Waals surface area contributed by atoms with Crippen LogP contribution in [-0.4, -0.2) is 96.7 Å². The predicted molar refractivity (Wildman–Crippen MR) is 372 cm³/mol. The Labute approximate surface area is 562 Å². The lowest BCUT2D eigenvalue weighted by atomic mass is 9.99. The van der Waals surface area contributed by atoms with Crippen molar-refractivity contribution in [1.82, 2.24) is 0 Å². The SMILES string of the molecule is CCC(C)CCCCCCCCCCCCCCCCCCCCC(=O)O[C@H](COC(=O)CCCCCCCCCC(C)C)COP(=O)(O)OCC(O)COP(=O)(O)OC[C@@H](COC(=O)CCCCCCCCCCC(C)C)OC(=O)CCCCCCCCC(C)C. The van der Waals surface area contributed by atoms with Crippen LogP contribution in [0.4, 0.5) is 0 Å². The predicted octanol–water partition coefficient (Wildman–Crippen LogP) is 20.9. The lowest BCUT2D eigenvalue weighted by molar-refractivity contribution is -0.161. The van der Waals surface area contributed by atoms with Crippen molar-refractivity contribution in [2.24, 2.45) is 23.7 Å². The number of rotatable bonds is 70. The van der Waals surface area contributed by atoms with E-state index in [0.29, 0.717) is 37.5 Å². The van der Waals surface area contributed by atoms with E-state index in [1.165, 1.54) is 161 Å². The third kappa shape index (κ3) is 65.4. The number of phosphoric acid groups is 2. The minimum absolute atomic E-state index is 0.101. The minimum Gasteiger partial charge on any atom is -0.462 e. The molecule has 546 valence electrons. The molecule has 0 aromatic rings. The summed E-state index contributed by atoms with van der Waals surface area (Å²) >= 11 is 0. The summed E-state index contributed by atoms with van der Waals surface area (Å²) in [5.41, 5.74) is 0. The van der Waals surface area contributed by atoms with Gasteiger partial charge in [0.15, 0.2) is 12.2 Å². The van der Waals surface area contributed by atoms with Gasteiger partial charge >= 0.3 is 39.5 Å². The summed E-state index contributed by atoms with van der Waals surface area (Å²) < 4.78 is 68.3. The Kier molecular flexibility index (Phi) is 61.3. The first-order valence-electron chi connectivity index (χ1n) is 37.7. The van der Waals surface area contributed by atoms with E-state index in [1.54, 1.807) is 0 Å². The highest BCUT2D eigenvalue weighted by Gasteiger charge is 2.30. The molecule has 17 nitrogen and oxygen atoms in total. The van der Waals surface area contributed by atoms with E-state index in [4.69, 9.17) is 37.0 Å². The van der Waals surface area contributed by atoms with Crippen molar-refractivity contribution in [3.8, 4) is 0 Å². The van der Waals surface area contributed by atoms with Crippen LogP contribution >= 0.6 is 15.6 Å². The maximum Gasteiger partial charge on any atom is 0.472 e. The number of aliphatic hydroxyl groups excluding tert-OH is 1. The zero-order valence-electron chi connectivity index (χ0n) is 60.2. The summed E-state index contributed by atoms with van der Waals surface area (Å²) in [4.78, 5) is 72.5. The second kappa shape index (κ2) is 62.6. The highest BCUT2D eigenvalue weighted by atomic mass is 31.2. The van der Waals surface area contributed by atoms with Gasteiger partial charge in [0.25, 0.3) is 0 Å². The van der Waals surface area contributed by atoms with E-state index in [-0.39, 0.29) is 25.7 Å². The van der Waals surface area contributed by atoms with Crippen molar-refractivity contribution in [3.63, 3.8) is 0 Å². The molecule has 0 aromatic heterocycles. The maximum absolute atomic E-state index is 13.0. The molecule has 0 spiro atoms. The number of phosphoric ester groups is 2. The molecule has 0 saturated heterocycles. The molecule has 6 atom stereocenters. The van der Waals surface area contributed by atoms with E-state index < -0.39 is 97.5 Å². The summed E-state index contributed by atoms with van der Waals surface area (Å²) in [6.07, 6.45) is 46.3. The number of carbonyl (C=O) groups excluding carboxylic acids is 4. The van der Waals surface area contributed by atoms with Gasteiger partial charge in [0.1, 0.15) is 19.3 Å². The number of ether oxygens (including phenoxy) is 4. The number of aliphatic hydroxyl groups is 1. The van der Waals surface area contributed by atoms with E-state index in [1.807, 2.05) is 0 Å². The molecule has 19 heteroatoms. The molecule has 0 aliphatic heterocycles. The van der Waals surface area contributed by atoms with Crippen molar-refractivity contribution in [2.45, 2.75) is 382 Å². The van der Waals surface area contributed by atoms with Crippen LogP contribution in [0.15, 0.2) is 0 Å². The fourth-order valence-electron chi connectivity index (χ4n) is 11.0. The second-order valence-corrected chi connectivity index (χ2v) is 30.9. The van der Waals surface area contributed by atoms with Crippen LogP contribution in [-0.2, 0) is 65.4 Å². The fraction of sp³-hybridized carbons (Fsp3) is 0.945. The summed E-state index contributed by atoms with van der Waals surface area (Å²) in [5, 5.41) is 10.6. The van der Waals surface area contributed by atoms with Crippen LogP contribution in [0.25, 0.3) is 0 Å². The topological polar surface area (TPSA) is 237 Å². The van der Waals surface area contributed by atoms with Gasteiger partial charge in [-0.25, -0.2) is 9.13 Å². The Bertz CT molecular complexity index is 1820. The molecular formula is C73H142O17P2. The fourth-order valence-corrected chi connectivity index (χ4v) is 12.6. The average molecular weight is 1350 g/mol. The van der Waals surface area contributed by atoms with Gasteiger partial charge in [0, 0.05) is 25.7 Å². The summed E-state index contributed by atoms with van der Waals surface area (Å²) in [6, 6.07) is 0. The lowest BCUT2D eigenvalue weighted by Crippen LogP contribution is -2.30. The summed E-state index contributed by atoms with van der Waals surface area (Å²) in [6.45, 7) is 14.0. The molecule has 0 fully saturated rings. The molecule has 0 aliphatic carbocycles. The Morgan fingerprint density at radius 2 is 0.522 bits per heavy atom. The number of unbranched alkanes of at least 4 members (excludes halogenated alkanes) is 35. The van der Waals surface area contributed by atoms with Crippen LogP contribution < -0.4 is 0 Å². The van der Waals surface area contributed by atoms with E-state index in [9.17, 15) is 43.2 Å². The minimum atomic E-state index is -4.95. The van der Waals surface area contributed by atoms with Crippen molar-refractivity contribution in [3.05, 3.63) is 0 Å². The standard InChI is InChI=1S/C73H142O17P2/c1-9-66(8)52-44-36-27-20-18-16-14-12-10-11-13-15-17-19-21-29-39-47-55-72(77)89-68(59-84-71(76)54-46-38-30-24-26-34-42-50-64(4)5)61-87-91(79,80)85-57-67(74)58-86-92(81,82)88-62-69(90-73(78)56-48-40-32-31-35-43-51-65(6)7)60-83-70(75)53-45-37-28-23-22-25-33-41-49-63(2)3/h63-69,74H,9-62H2,1-8H3,(H,79,80)(H,81,82)/t66?,67?,68-,69-/m1/s1. The van der Waals surface area contributed by atoms with Crippen molar-refractivity contribution < 1.29 is 80.2 Å². The highest BCUT2D eigenvalue weighted by molar-refractivity contribution is 7.47. The zero-order chi connectivity index (χ0) is 68.2. The second-order valence-electron chi connectivity index (χ2n) is 28.0. The molecule has 4 unspecified atom stereocenters. The summed E-state index contributed by atoms with van der Waals surface area (Å²) in [5.74, 6) is 0.839. The van der Waals surface area contributed by atoms with Gasteiger partial charge in [-0.15, -0.1) is 0 Å². The first-order chi connectivity index (χ1) is 44.1. The van der Waals surface area contributed by atoms with Crippen LogP contribution in [0.1, 0.15) is 364 Å². The van der Waals surface area contributed by atoms with E-state index in [2.05, 4.69) is 55.4 Å². The van der Waals surface area contributed by atoms with Crippen LogP contribution in [0.2, 0.25) is 0 Å². The number of carbonyl (C=O) groups is 4. The molecule has 0 radical (unpaired) electrons. The zero-order valence-corrected chi connectivity index (χ0v) is 62.0. The Morgan fingerprint density at radius 1 is 0.304 bits per heavy atom. The van der Waals surface area contributed by atoms with Crippen molar-refractivity contribution in [2.75, 3.05) is 39.6 Å². The maximum atomic E-state index is 13.0. The van der Waals surface area contributed by atoms with Crippen LogP contribution in [0.3, 0.4) is 0 Å². The van der Waals surface area contributed by atoms with E-state index >= 15 is 0 Å². The molecule has 0 aromatic carbocycles. The molecule has 0 aliphatic rings. The van der Waals surface area contributed by atoms with Crippen LogP contribution in [0.5, 0.6) is 0 Å². The van der Waals surface area contributed by atoms with Crippen molar-refractivity contribution in [1.29, 1.82) is 0 Å². The Balaban J connectivity index is 5.13. The Morgan fingerprint density at radius 3 is 0.772 bits per heavy atom. The number of hydrogen-bond donors (Lipinski definition) is 3.